The molecule has 0 radical (unpaired) electrons. The van der Waals surface area contributed by atoms with E-state index in [0.29, 0.717) is 5.13 Å². The minimum absolute atomic E-state index is 0.123. The molecule has 0 aliphatic heterocycles. The van der Waals surface area contributed by atoms with E-state index >= 15 is 0 Å². The second-order valence-corrected chi connectivity index (χ2v) is 8.75. The third-order valence-corrected chi connectivity index (χ3v) is 5.63. The normalized spacial score (nSPS) is 12.1. The second-order valence-electron chi connectivity index (χ2n) is 5.78. The highest BCUT2D eigenvalue weighted by Crippen LogP contribution is 2.27. The lowest BCUT2D eigenvalue weighted by Crippen LogP contribution is -2.22. The van der Waals surface area contributed by atoms with E-state index in [1.54, 1.807) is 18.2 Å². The molecule has 0 fully saturated rings. The molecule has 0 bridgehead atoms. The highest BCUT2D eigenvalue weighted by molar-refractivity contribution is 7.92. The van der Waals surface area contributed by atoms with Gasteiger partial charge in [-0.25, -0.2) is 8.42 Å². The van der Waals surface area contributed by atoms with E-state index in [9.17, 15) is 13.2 Å². The summed E-state index contributed by atoms with van der Waals surface area (Å²) in [7, 11) is -3.66. The van der Waals surface area contributed by atoms with Gasteiger partial charge in [-0.15, -0.1) is 10.2 Å². The average Bonchev–Trinajstić information content (AvgIpc) is 2.87. The van der Waals surface area contributed by atoms with Crippen molar-refractivity contribution in [2.75, 3.05) is 11.1 Å². The highest BCUT2D eigenvalue weighted by Gasteiger charge is 2.22. The van der Waals surface area contributed by atoms with Crippen LogP contribution >= 0.6 is 11.3 Å². The van der Waals surface area contributed by atoms with Crippen LogP contribution in [0, 0.1) is 0 Å². The summed E-state index contributed by atoms with van der Waals surface area (Å²) < 4.78 is 24.2. The van der Waals surface area contributed by atoms with Crippen molar-refractivity contribution in [2.24, 2.45) is 0 Å². The molecule has 2 aromatic rings. The van der Waals surface area contributed by atoms with E-state index in [-0.39, 0.29) is 10.3 Å². The lowest BCUT2D eigenvalue weighted by molar-refractivity contribution is -0.113. The summed E-state index contributed by atoms with van der Waals surface area (Å²) in [5, 5.41) is 11.4. The van der Waals surface area contributed by atoms with Crippen LogP contribution in [0.5, 0.6) is 0 Å². The molecule has 1 heterocycles. The van der Waals surface area contributed by atoms with Gasteiger partial charge in [-0.1, -0.05) is 50.3 Å². The molecule has 0 aliphatic rings. The fourth-order valence-electron chi connectivity index (χ4n) is 1.62. The zero-order chi connectivity index (χ0) is 16.4. The van der Waals surface area contributed by atoms with Crippen molar-refractivity contribution >= 4 is 32.2 Å². The summed E-state index contributed by atoms with van der Waals surface area (Å²) in [6.45, 7) is 5.96. The molecular formula is C14H17N3O3S2. The van der Waals surface area contributed by atoms with Crippen LogP contribution in [0.15, 0.2) is 35.2 Å². The lowest BCUT2D eigenvalue weighted by Gasteiger charge is -2.12. The monoisotopic (exact) mass is 339 g/mol. The summed E-state index contributed by atoms with van der Waals surface area (Å²) in [6.07, 6.45) is 0. The molecule has 1 aromatic heterocycles. The maximum absolute atomic E-state index is 12.1. The van der Waals surface area contributed by atoms with Gasteiger partial charge in [-0.3, -0.25) is 10.1 Å². The SMILES string of the molecule is CC(C)(C)c1nnc(NC(=O)CS(=O)(=O)c2ccccc2)s1. The maximum atomic E-state index is 12.1. The van der Waals surface area contributed by atoms with E-state index in [4.69, 9.17) is 0 Å². The number of amides is 1. The van der Waals surface area contributed by atoms with Crippen LogP contribution < -0.4 is 5.32 Å². The molecule has 0 saturated heterocycles. The van der Waals surface area contributed by atoms with E-state index in [1.165, 1.54) is 23.5 Å². The summed E-state index contributed by atoms with van der Waals surface area (Å²) in [5.74, 6) is -1.25. The molecule has 118 valence electrons. The van der Waals surface area contributed by atoms with Crippen molar-refractivity contribution < 1.29 is 13.2 Å². The molecule has 1 N–H and O–H groups in total. The third kappa shape index (κ3) is 4.11. The van der Waals surface area contributed by atoms with Gasteiger partial charge in [0.1, 0.15) is 10.8 Å². The number of rotatable bonds is 4. The lowest BCUT2D eigenvalue weighted by atomic mass is 9.98. The van der Waals surface area contributed by atoms with Crippen LogP contribution in [-0.2, 0) is 20.0 Å². The van der Waals surface area contributed by atoms with Gasteiger partial charge < -0.3 is 0 Å². The number of carbonyl (C=O) groups excluding carboxylic acids is 1. The first kappa shape index (κ1) is 16.6. The average molecular weight is 339 g/mol. The Labute approximate surface area is 133 Å². The van der Waals surface area contributed by atoms with Crippen molar-refractivity contribution in [3.63, 3.8) is 0 Å². The number of anilines is 1. The van der Waals surface area contributed by atoms with Gasteiger partial charge in [0.05, 0.1) is 4.90 Å². The van der Waals surface area contributed by atoms with E-state index in [1.807, 2.05) is 20.8 Å². The number of hydrogen-bond acceptors (Lipinski definition) is 6. The standard InChI is InChI=1S/C14H17N3O3S2/c1-14(2,3)12-16-17-13(21-12)15-11(18)9-22(19,20)10-7-5-4-6-8-10/h4-8H,9H2,1-3H3,(H,15,17,18). The molecule has 0 atom stereocenters. The number of carbonyl (C=O) groups is 1. The first-order valence-electron chi connectivity index (χ1n) is 6.60. The van der Waals surface area contributed by atoms with Crippen LogP contribution in [0.3, 0.4) is 0 Å². The zero-order valence-corrected chi connectivity index (χ0v) is 14.2. The summed E-state index contributed by atoms with van der Waals surface area (Å²) in [6, 6.07) is 7.88. The third-order valence-electron chi connectivity index (χ3n) is 2.74. The van der Waals surface area contributed by atoms with Gasteiger partial charge >= 0.3 is 0 Å². The molecule has 6 nitrogen and oxygen atoms in total. The van der Waals surface area contributed by atoms with Crippen molar-refractivity contribution in [3.8, 4) is 0 Å². The molecule has 8 heteroatoms. The van der Waals surface area contributed by atoms with Crippen LogP contribution in [0.25, 0.3) is 0 Å². The summed E-state index contributed by atoms with van der Waals surface area (Å²) in [4.78, 5) is 12.0. The number of aromatic nitrogens is 2. The Bertz CT molecular complexity index is 762. The van der Waals surface area contributed by atoms with Gasteiger partial charge in [0.25, 0.3) is 0 Å². The van der Waals surface area contributed by atoms with Crippen LogP contribution in [0.1, 0.15) is 25.8 Å². The molecule has 1 aromatic carbocycles. The molecule has 0 aliphatic carbocycles. The van der Waals surface area contributed by atoms with Crippen molar-refractivity contribution in [1.82, 2.24) is 10.2 Å². The first-order valence-corrected chi connectivity index (χ1v) is 9.07. The topological polar surface area (TPSA) is 89.0 Å². The van der Waals surface area contributed by atoms with Gasteiger partial charge in [-0.2, -0.15) is 0 Å². The Hall–Kier alpha value is -1.80. The number of benzene rings is 1. The first-order chi connectivity index (χ1) is 10.2. The van der Waals surface area contributed by atoms with Crippen molar-refractivity contribution in [2.45, 2.75) is 31.1 Å². The molecule has 0 saturated carbocycles. The second kappa shape index (κ2) is 6.13. The molecular weight excluding hydrogens is 322 g/mol. The van der Waals surface area contributed by atoms with E-state index < -0.39 is 21.5 Å². The molecule has 1 amide bonds. The van der Waals surface area contributed by atoms with Gasteiger partial charge in [0.2, 0.25) is 11.0 Å². The Balaban J connectivity index is 2.06. The minimum Gasteiger partial charge on any atom is -0.300 e. The quantitative estimate of drug-likeness (QED) is 0.923. The van der Waals surface area contributed by atoms with Gasteiger partial charge in [0, 0.05) is 5.41 Å². The Kier molecular flexibility index (Phi) is 4.62. The van der Waals surface area contributed by atoms with Gasteiger partial charge in [0.15, 0.2) is 9.84 Å². The van der Waals surface area contributed by atoms with Crippen molar-refractivity contribution in [3.05, 3.63) is 35.3 Å². The largest absolute Gasteiger partial charge is 0.300 e. The van der Waals surface area contributed by atoms with E-state index in [0.717, 1.165) is 5.01 Å². The molecule has 0 unspecified atom stereocenters. The summed E-state index contributed by atoms with van der Waals surface area (Å²) >= 11 is 1.24. The fraction of sp³-hybridized carbons (Fsp3) is 0.357. The van der Waals surface area contributed by atoms with Crippen LogP contribution in [-0.4, -0.2) is 30.3 Å². The number of hydrogen-bond donors (Lipinski definition) is 1. The molecule has 22 heavy (non-hydrogen) atoms. The zero-order valence-electron chi connectivity index (χ0n) is 12.5. The molecule has 2 rings (SSSR count). The number of nitrogens with one attached hydrogen (secondary N) is 1. The van der Waals surface area contributed by atoms with Gasteiger partial charge in [-0.05, 0) is 12.1 Å². The number of sulfone groups is 1. The fourth-order valence-corrected chi connectivity index (χ4v) is 3.59. The predicted octanol–water partition coefficient (Wildman–Crippen LogP) is 2.25. The van der Waals surface area contributed by atoms with E-state index in [2.05, 4.69) is 15.5 Å². The maximum Gasteiger partial charge on any atom is 0.241 e. The minimum atomic E-state index is -3.66. The number of nitrogens with zero attached hydrogens (tertiary/aromatic N) is 2. The predicted molar refractivity (Wildman–Crippen MR) is 85.7 cm³/mol. The Morgan fingerprint density at radius 3 is 2.36 bits per heavy atom. The van der Waals surface area contributed by atoms with Crippen LogP contribution in [0.4, 0.5) is 5.13 Å². The van der Waals surface area contributed by atoms with Crippen LogP contribution in [0.2, 0.25) is 0 Å². The Morgan fingerprint density at radius 1 is 1.18 bits per heavy atom. The smallest absolute Gasteiger partial charge is 0.241 e. The molecule has 0 spiro atoms. The summed E-state index contributed by atoms with van der Waals surface area (Å²) in [5.41, 5.74) is -0.170. The Morgan fingerprint density at radius 2 is 1.82 bits per heavy atom. The van der Waals surface area contributed by atoms with Crippen molar-refractivity contribution in [1.29, 1.82) is 0 Å². The highest BCUT2D eigenvalue weighted by atomic mass is 32.2.